The smallest absolute Gasteiger partial charge is 0.268 e. The molecule has 0 aliphatic carbocycles. The molecule has 0 aromatic heterocycles. The van der Waals surface area contributed by atoms with Crippen molar-refractivity contribution in [2.75, 3.05) is 0 Å². The topological polar surface area (TPSA) is 37.4 Å². The van der Waals surface area contributed by atoms with Crippen LogP contribution in [0.25, 0.3) is 6.08 Å². The molecule has 1 heterocycles. The number of halogens is 1. The second-order valence-corrected chi connectivity index (χ2v) is 7.40. The molecule has 1 fully saturated rings. The van der Waals surface area contributed by atoms with Gasteiger partial charge in [0.2, 0.25) is 0 Å². The van der Waals surface area contributed by atoms with E-state index < -0.39 is 0 Å². The maximum Gasteiger partial charge on any atom is 0.293 e. The van der Waals surface area contributed by atoms with Crippen LogP contribution >= 0.6 is 27.7 Å². The van der Waals surface area contributed by atoms with Crippen molar-refractivity contribution < 1.29 is 9.59 Å². The third-order valence-corrected chi connectivity index (χ3v) is 5.19. The van der Waals surface area contributed by atoms with E-state index in [4.69, 9.17) is 0 Å². The minimum atomic E-state index is -0.232. The molecule has 1 saturated heterocycles. The molecule has 3 nitrogen and oxygen atoms in total. The summed E-state index contributed by atoms with van der Waals surface area (Å²) in [6.45, 7) is 2.39. The van der Waals surface area contributed by atoms with Crippen molar-refractivity contribution in [2.45, 2.75) is 19.9 Å². The Hall–Kier alpha value is -1.85. The third-order valence-electron chi connectivity index (χ3n) is 3.79. The number of rotatable bonds is 4. The van der Waals surface area contributed by atoms with E-state index in [1.165, 1.54) is 10.5 Å². The molecule has 2 aromatic rings. The van der Waals surface area contributed by atoms with Crippen LogP contribution in [0.2, 0.25) is 0 Å². The van der Waals surface area contributed by atoms with Gasteiger partial charge in [-0.2, -0.15) is 0 Å². The molecular weight excluding hydrogens is 386 g/mol. The van der Waals surface area contributed by atoms with Crippen LogP contribution in [0.3, 0.4) is 0 Å². The number of thioether (sulfide) groups is 1. The molecule has 122 valence electrons. The molecule has 0 saturated carbocycles. The SMILES string of the molecule is CCc1ccc(/C=C2\SC(=O)N(Cc3cccc(Br)c3)C2=O)cc1. The molecule has 2 amide bonds. The van der Waals surface area contributed by atoms with E-state index in [0.717, 1.165) is 33.8 Å². The summed E-state index contributed by atoms with van der Waals surface area (Å²) in [5, 5.41) is -0.226. The van der Waals surface area contributed by atoms with E-state index in [2.05, 4.69) is 22.9 Å². The number of hydrogen-bond acceptors (Lipinski definition) is 3. The molecule has 24 heavy (non-hydrogen) atoms. The summed E-state index contributed by atoms with van der Waals surface area (Å²) in [5.74, 6) is -0.232. The van der Waals surface area contributed by atoms with E-state index in [9.17, 15) is 9.59 Å². The number of aryl methyl sites for hydroxylation is 1. The zero-order chi connectivity index (χ0) is 17.1. The number of amides is 2. The molecule has 0 radical (unpaired) electrons. The van der Waals surface area contributed by atoms with Gasteiger partial charge in [0, 0.05) is 4.47 Å². The second kappa shape index (κ2) is 7.36. The minimum Gasteiger partial charge on any atom is -0.268 e. The Morgan fingerprint density at radius 2 is 1.83 bits per heavy atom. The van der Waals surface area contributed by atoms with Gasteiger partial charge in [0.15, 0.2) is 0 Å². The van der Waals surface area contributed by atoms with Crippen molar-refractivity contribution in [3.63, 3.8) is 0 Å². The maximum atomic E-state index is 12.5. The predicted molar refractivity (Wildman–Crippen MR) is 101 cm³/mol. The lowest BCUT2D eigenvalue weighted by Crippen LogP contribution is -2.27. The summed E-state index contributed by atoms with van der Waals surface area (Å²) >= 11 is 4.40. The number of nitrogens with zero attached hydrogens (tertiary/aromatic N) is 1. The van der Waals surface area contributed by atoms with Gasteiger partial charge < -0.3 is 0 Å². The second-order valence-electron chi connectivity index (χ2n) is 5.49. The lowest BCUT2D eigenvalue weighted by molar-refractivity contribution is -0.123. The van der Waals surface area contributed by atoms with Crippen molar-refractivity contribution in [1.82, 2.24) is 4.90 Å². The van der Waals surface area contributed by atoms with Crippen LogP contribution in [-0.2, 0) is 17.8 Å². The molecule has 1 aliphatic rings. The van der Waals surface area contributed by atoms with Gasteiger partial charge in [-0.05, 0) is 53.1 Å². The first-order valence-corrected chi connectivity index (χ1v) is 9.26. The average Bonchev–Trinajstić information content (AvgIpc) is 2.83. The van der Waals surface area contributed by atoms with Crippen LogP contribution in [0.4, 0.5) is 4.79 Å². The first kappa shape index (κ1) is 17.0. The first-order valence-electron chi connectivity index (χ1n) is 7.65. The Morgan fingerprint density at radius 1 is 1.08 bits per heavy atom. The van der Waals surface area contributed by atoms with Crippen molar-refractivity contribution >= 4 is 44.9 Å². The van der Waals surface area contributed by atoms with Crippen LogP contribution in [-0.4, -0.2) is 16.0 Å². The largest absolute Gasteiger partial charge is 0.293 e. The van der Waals surface area contributed by atoms with Gasteiger partial charge in [-0.25, -0.2) is 0 Å². The zero-order valence-electron chi connectivity index (χ0n) is 13.2. The van der Waals surface area contributed by atoms with Crippen LogP contribution in [0.5, 0.6) is 0 Å². The average molecular weight is 402 g/mol. The van der Waals surface area contributed by atoms with Gasteiger partial charge in [0.05, 0.1) is 11.4 Å². The van der Waals surface area contributed by atoms with Gasteiger partial charge in [-0.3, -0.25) is 14.5 Å². The Morgan fingerprint density at radius 3 is 2.50 bits per heavy atom. The number of hydrogen-bond donors (Lipinski definition) is 0. The summed E-state index contributed by atoms with van der Waals surface area (Å²) < 4.78 is 0.929. The van der Waals surface area contributed by atoms with E-state index in [-0.39, 0.29) is 17.7 Å². The quantitative estimate of drug-likeness (QED) is 0.656. The summed E-state index contributed by atoms with van der Waals surface area (Å²) in [4.78, 5) is 26.5. The van der Waals surface area contributed by atoms with Crippen LogP contribution in [0.15, 0.2) is 57.9 Å². The fourth-order valence-electron chi connectivity index (χ4n) is 2.46. The summed E-state index contributed by atoms with van der Waals surface area (Å²) in [6, 6.07) is 15.6. The summed E-state index contributed by atoms with van der Waals surface area (Å²) in [6.07, 6.45) is 2.76. The lowest BCUT2D eigenvalue weighted by atomic mass is 10.1. The Bertz CT molecular complexity index is 814. The van der Waals surface area contributed by atoms with Crippen LogP contribution in [0, 0.1) is 0 Å². The Balaban J connectivity index is 1.79. The monoisotopic (exact) mass is 401 g/mol. The van der Waals surface area contributed by atoms with Crippen molar-refractivity contribution in [3.8, 4) is 0 Å². The van der Waals surface area contributed by atoms with Gasteiger partial charge in [0.25, 0.3) is 11.1 Å². The molecular formula is C19H16BrNO2S. The number of carbonyl (C=O) groups excluding carboxylic acids is 2. The third kappa shape index (κ3) is 3.79. The molecule has 0 bridgehead atoms. The van der Waals surface area contributed by atoms with E-state index in [0.29, 0.717) is 4.91 Å². The molecule has 0 unspecified atom stereocenters. The normalized spacial score (nSPS) is 16.2. The molecule has 0 atom stereocenters. The number of benzene rings is 2. The van der Waals surface area contributed by atoms with Crippen molar-refractivity contribution in [2.24, 2.45) is 0 Å². The molecule has 3 rings (SSSR count). The van der Waals surface area contributed by atoms with Crippen molar-refractivity contribution in [3.05, 3.63) is 74.6 Å². The van der Waals surface area contributed by atoms with E-state index >= 15 is 0 Å². The van der Waals surface area contributed by atoms with Crippen LogP contribution in [0.1, 0.15) is 23.6 Å². The Labute approximate surface area is 153 Å². The highest BCUT2D eigenvalue weighted by Gasteiger charge is 2.34. The Kier molecular flexibility index (Phi) is 5.21. The lowest BCUT2D eigenvalue weighted by Gasteiger charge is -2.12. The highest BCUT2D eigenvalue weighted by atomic mass is 79.9. The number of carbonyl (C=O) groups is 2. The maximum absolute atomic E-state index is 12.5. The standard InChI is InChI=1S/C19H16BrNO2S/c1-2-13-6-8-14(9-7-13)11-17-18(22)21(19(23)24-17)12-15-4-3-5-16(20)10-15/h3-11H,2,12H2,1H3/b17-11-. The predicted octanol–water partition coefficient (Wildman–Crippen LogP) is 5.25. The molecule has 5 heteroatoms. The van der Waals surface area contributed by atoms with Gasteiger partial charge >= 0.3 is 0 Å². The highest BCUT2D eigenvalue weighted by molar-refractivity contribution is 9.10. The molecule has 0 N–H and O–H groups in total. The fraction of sp³-hybridized carbons (Fsp3) is 0.158. The van der Waals surface area contributed by atoms with E-state index in [1.54, 1.807) is 6.08 Å². The summed E-state index contributed by atoms with van der Waals surface area (Å²) in [7, 11) is 0. The minimum absolute atomic E-state index is 0.226. The van der Waals surface area contributed by atoms with E-state index in [1.807, 2.05) is 48.5 Å². The highest BCUT2D eigenvalue weighted by Crippen LogP contribution is 2.33. The van der Waals surface area contributed by atoms with Crippen LogP contribution < -0.4 is 0 Å². The van der Waals surface area contributed by atoms with Gasteiger partial charge in [-0.1, -0.05) is 59.3 Å². The van der Waals surface area contributed by atoms with Crippen molar-refractivity contribution in [1.29, 1.82) is 0 Å². The molecule has 2 aromatic carbocycles. The summed E-state index contributed by atoms with van der Waals surface area (Å²) in [5.41, 5.74) is 3.09. The first-order chi connectivity index (χ1) is 11.6. The van der Waals surface area contributed by atoms with Gasteiger partial charge in [0.1, 0.15) is 0 Å². The fourth-order valence-corrected chi connectivity index (χ4v) is 3.74. The zero-order valence-corrected chi connectivity index (χ0v) is 15.6. The molecule has 1 aliphatic heterocycles. The number of imide groups is 1. The molecule has 0 spiro atoms. The van der Waals surface area contributed by atoms with Gasteiger partial charge in [-0.15, -0.1) is 0 Å².